The Hall–Kier alpha value is -1.22. The van der Waals surface area contributed by atoms with Crippen LogP contribution in [0.2, 0.25) is 5.15 Å². The summed E-state index contributed by atoms with van der Waals surface area (Å²) >= 11 is 5.57. The van der Waals surface area contributed by atoms with Gasteiger partial charge in [-0.2, -0.15) is 4.72 Å². The normalized spacial score (nSPS) is 13.3. The predicted molar refractivity (Wildman–Crippen MR) is 58.1 cm³/mol. The summed E-state index contributed by atoms with van der Waals surface area (Å²) in [4.78, 5) is 13.8. The third-order valence-corrected chi connectivity index (χ3v) is 3.71. The molecular formula is C8H9ClN2O5S. The van der Waals surface area contributed by atoms with E-state index in [1.807, 2.05) is 0 Å². The van der Waals surface area contributed by atoms with Crippen LogP contribution in [0.25, 0.3) is 0 Å². The quantitative estimate of drug-likeness (QED) is 0.624. The topological polar surface area (TPSA) is 117 Å². The molecule has 0 bridgehead atoms. The van der Waals surface area contributed by atoms with E-state index >= 15 is 0 Å². The number of carbonyl (C=O) groups is 1. The maximum Gasteiger partial charge on any atom is 0.324 e. The molecule has 17 heavy (non-hydrogen) atoms. The lowest BCUT2D eigenvalue weighted by Crippen LogP contribution is -2.43. The summed E-state index contributed by atoms with van der Waals surface area (Å²) < 4.78 is 25.2. The van der Waals surface area contributed by atoms with Crippen molar-refractivity contribution < 1.29 is 23.4 Å². The van der Waals surface area contributed by atoms with Crippen LogP contribution in [-0.4, -0.2) is 42.2 Å². The highest BCUT2D eigenvalue weighted by Crippen LogP contribution is 2.17. The minimum atomic E-state index is -4.13. The number of rotatable bonds is 5. The van der Waals surface area contributed by atoms with E-state index < -0.39 is 28.6 Å². The monoisotopic (exact) mass is 280 g/mol. The lowest BCUT2D eigenvalue weighted by atomic mass is 10.3. The first-order chi connectivity index (χ1) is 7.88. The molecule has 1 heterocycles. The van der Waals surface area contributed by atoms with E-state index in [4.69, 9.17) is 21.8 Å². The van der Waals surface area contributed by atoms with Gasteiger partial charge in [-0.25, -0.2) is 13.4 Å². The Bertz CT molecular complexity index is 518. The number of hydrogen-bond donors (Lipinski definition) is 3. The highest BCUT2D eigenvalue weighted by molar-refractivity contribution is 7.89. The minimum absolute atomic E-state index is 0.276. The van der Waals surface area contributed by atoms with E-state index in [9.17, 15) is 13.2 Å². The summed E-state index contributed by atoms with van der Waals surface area (Å²) in [5.74, 6) is -1.49. The van der Waals surface area contributed by atoms with Crippen molar-refractivity contribution in [3.05, 3.63) is 23.5 Å². The van der Waals surface area contributed by atoms with Crippen molar-refractivity contribution in [1.82, 2.24) is 9.71 Å². The Morgan fingerprint density at radius 2 is 2.24 bits per heavy atom. The van der Waals surface area contributed by atoms with Gasteiger partial charge in [-0.1, -0.05) is 11.6 Å². The van der Waals surface area contributed by atoms with Gasteiger partial charge in [0.15, 0.2) is 0 Å². The molecule has 94 valence electrons. The Kier molecular flexibility index (Phi) is 4.40. The van der Waals surface area contributed by atoms with Crippen LogP contribution < -0.4 is 4.72 Å². The average Bonchev–Trinajstić information content (AvgIpc) is 2.26. The van der Waals surface area contributed by atoms with Crippen molar-refractivity contribution in [2.45, 2.75) is 10.9 Å². The van der Waals surface area contributed by atoms with Crippen molar-refractivity contribution >= 4 is 27.6 Å². The molecule has 0 aliphatic rings. The molecule has 3 N–H and O–H groups in total. The number of carboxylic acids is 1. The second kappa shape index (κ2) is 5.41. The first-order valence-electron chi connectivity index (χ1n) is 4.35. The standard InChI is InChI=1S/C8H9ClN2O5S/c9-7-6(2-1-3-10-7)17(15,16)11-5(4-12)8(13)14/h1-3,5,11-12H,4H2,(H,13,14)/t5-/m1/s1. The van der Waals surface area contributed by atoms with Crippen molar-refractivity contribution in [3.63, 3.8) is 0 Å². The van der Waals surface area contributed by atoms with Gasteiger partial charge in [0.25, 0.3) is 0 Å². The summed E-state index contributed by atoms with van der Waals surface area (Å²) in [5.41, 5.74) is 0. The molecule has 0 saturated heterocycles. The number of aromatic nitrogens is 1. The molecule has 0 aliphatic heterocycles. The first-order valence-corrected chi connectivity index (χ1v) is 6.21. The number of halogens is 1. The molecule has 1 aromatic heterocycles. The fraction of sp³-hybridized carbons (Fsp3) is 0.250. The largest absolute Gasteiger partial charge is 0.480 e. The van der Waals surface area contributed by atoms with Crippen molar-refractivity contribution in [1.29, 1.82) is 0 Å². The van der Waals surface area contributed by atoms with Gasteiger partial charge in [-0.15, -0.1) is 0 Å². The molecule has 1 atom stereocenters. The molecule has 9 heteroatoms. The highest BCUT2D eigenvalue weighted by Gasteiger charge is 2.26. The van der Waals surface area contributed by atoms with Crippen molar-refractivity contribution in [3.8, 4) is 0 Å². The first kappa shape index (κ1) is 13.8. The van der Waals surface area contributed by atoms with Crippen LogP contribution in [-0.2, 0) is 14.8 Å². The molecule has 0 fully saturated rings. The number of aliphatic hydroxyl groups is 1. The fourth-order valence-corrected chi connectivity index (χ4v) is 2.62. The number of nitrogens with zero attached hydrogens (tertiary/aromatic N) is 1. The Morgan fingerprint density at radius 1 is 1.59 bits per heavy atom. The number of pyridine rings is 1. The van der Waals surface area contributed by atoms with Gasteiger partial charge in [0, 0.05) is 6.20 Å². The maximum atomic E-state index is 11.7. The molecule has 0 amide bonds. The summed E-state index contributed by atoms with van der Waals surface area (Å²) in [6.07, 6.45) is 1.29. The summed E-state index contributed by atoms with van der Waals surface area (Å²) in [5, 5.41) is 17.1. The summed E-state index contributed by atoms with van der Waals surface area (Å²) in [6, 6.07) is 0.889. The molecule has 0 aromatic carbocycles. The van der Waals surface area contributed by atoms with Crippen molar-refractivity contribution in [2.75, 3.05) is 6.61 Å². The van der Waals surface area contributed by atoms with Crippen LogP contribution in [0.1, 0.15) is 0 Å². The molecular weight excluding hydrogens is 272 g/mol. The predicted octanol–water partition coefficient (Wildman–Crippen LogP) is -0.541. The zero-order valence-electron chi connectivity index (χ0n) is 8.37. The maximum absolute atomic E-state index is 11.7. The SMILES string of the molecule is O=C(O)[C@@H](CO)NS(=O)(=O)c1cccnc1Cl. The third kappa shape index (κ3) is 3.37. The molecule has 0 radical (unpaired) electrons. The van der Waals surface area contributed by atoms with Crippen LogP contribution in [0.3, 0.4) is 0 Å². The van der Waals surface area contributed by atoms with Crippen LogP contribution in [0.4, 0.5) is 0 Å². The Morgan fingerprint density at radius 3 is 2.71 bits per heavy atom. The highest BCUT2D eigenvalue weighted by atomic mass is 35.5. The molecule has 0 spiro atoms. The molecule has 1 aromatic rings. The number of hydrogen-bond acceptors (Lipinski definition) is 5. The number of aliphatic carboxylic acids is 1. The molecule has 1 rings (SSSR count). The summed E-state index contributed by atoms with van der Waals surface area (Å²) in [6.45, 7) is -0.869. The van der Waals surface area contributed by atoms with E-state index in [0.717, 1.165) is 0 Å². The van der Waals surface area contributed by atoms with Crippen LogP contribution in [0.5, 0.6) is 0 Å². The summed E-state index contributed by atoms with van der Waals surface area (Å²) in [7, 11) is -4.13. The Labute approximate surface area is 102 Å². The smallest absolute Gasteiger partial charge is 0.324 e. The van der Waals surface area contributed by atoms with Gasteiger partial charge >= 0.3 is 5.97 Å². The molecule has 0 unspecified atom stereocenters. The molecule has 7 nitrogen and oxygen atoms in total. The zero-order chi connectivity index (χ0) is 13.1. The average molecular weight is 281 g/mol. The number of nitrogens with one attached hydrogen (secondary N) is 1. The van der Waals surface area contributed by atoms with Gasteiger partial charge < -0.3 is 10.2 Å². The number of aliphatic hydroxyl groups excluding tert-OH is 1. The van der Waals surface area contributed by atoms with Crippen LogP contribution in [0.15, 0.2) is 23.2 Å². The number of carboxylic acid groups (broad SMARTS) is 1. The fourth-order valence-electron chi connectivity index (χ4n) is 0.988. The third-order valence-electron chi connectivity index (χ3n) is 1.79. The van der Waals surface area contributed by atoms with Gasteiger partial charge in [-0.05, 0) is 12.1 Å². The number of sulfonamides is 1. The Balaban J connectivity index is 3.05. The van der Waals surface area contributed by atoms with Gasteiger partial charge in [-0.3, -0.25) is 4.79 Å². The lowest BCUT2D eigenvalue weighted by Gasteiger charge is -2.12. The van der Waals surface area contributed by atoms with E-state index in [1.165, 1.54) is 18.3 Å². The van der Waals surface area contributed by atoms with Crippen molar-refractivity contribution in [2.24, 2.45) is 0 Å². The molecule has 0 aliphatic carbocycles. The second-order valence-corrected chi connectivity index (χ2v) is 5.03. The van der Waals surface area contributed by atoms with Crippen LogP contribution in [0, 0.1) is 0 Å². The second-order valence-electron chi connectivity index (χ2n) is 2.99. The minimum Gasteiger partial charge on any atom is -0.480 e. The van der Waals surface area contributed by atoms with E-state index in [1.54, 1.807) is 4.72 Å². The van der Waals surface area contributed by atoms with E-state index in [2.05, 4.69) is 4.98 Å². The van der Waals surface area contributed by atoms with Gasteiger partial charge in [0.1, 0.15) is 16.1 Å². The lowest BCUT2D eigenvalue weighted by molar-refractivity contribution is -0.139. The van der Waals surface area contributed by atoms with E-state index in [-0.39, 0.29) is 10.0 Å². The van der Waals surface area contributed by atoms with E-state index in [0.29, 0.717) is 0 Å². The molecule has 0 saturated carbocycles. The zero-order valence-corrected chi connectivity index (χ0v) is 9.94. The van der Waals surface area contributed by atoms with Crippen LogP contribution >= 0.6 is 11.6 Å². The van der Waals surface area contributed by atoms with Gasteiger partial charge in [0.2, 0.25) is 10.0 Å². The van der Waals surface area contributed by atoms with Gasteiger partial charge in [0.05, 0.1) is 6.61 Å².